The topological polar surface area (TPSA) is 58.1 Å². The van der Waals surface area contributed by atoms with Crippen LogP contribution in [0.3, 0.4) is 0 Å². The molecule has 1 aliphatic heterocycles. The molecule has 2 amide bonds. The van der Waals surface area contributed by atoms with E-state index < -0.39 is 0 Å². The van der Waals surface area contributed by atoms with Crippen LogP contribution >= 0.6 is 0 Å². The van der Waals surface area contributed by atoms with Crippen molar-refractivity contribution in [2.24, 2.45) is 0 Å². The molecule has 0 atom stereocenters. The molecule has 3 aromatic rings. The van der Waals surface area contributed by atoms with Gasteiger partial charge in [-0.05, 0) is 48.7 Å². The number of halogens is 1. The summed E-state index contributed by atoms with van der Waals surface area (Å²) in [6.45, 7) is 0.575. The lowest BCUT2D eigenvalue weighted by Crippen LogP contribution is -2.39. The van der Waals surface area contributed by atoms with Crippen LogP contribution in [0.5, 0.6) is 0 Å². The van der Waals surface area contributed by atoms with Gasteiger partial charge >= 0.3 is 6.03 Å². The second-order valence-corrected chi connectivity index (χ2v) is 6.09. The van der Waals surface area contributed by atoms with Gasteiger partial charge < -0.3 is 0 Å². The average Bonchev–Trinajstić information content (AvgIpc) is 2.68. The van der Waals surface area contributed by atoms with Crippen LogP contribution in [0.4, 0.5) is 20.8 Å². The number of carbonyl (C=O) groups excluding carboxylic acids is 1. The maximum Gasteiger partial charge on any atom is 0.328 e. The van der Waals surface area contributed by atoms with E-state index >= 15 is 0 Å². The molecule has 5 nitrogen and oxygen atoms in total. The van der Waals surface area contributed by atoms with Gasteiger partial charge in [0.2, 0.25) is 0 Å². The number of carbonyl (C=O) groups is 1. The Balaban J connectivity index is 1.66. The van der Waals surface area contributed by atoms with E-state index in [9.17, 15) is 9.18 Å². The molecule has 1 aromatic carbocycles. The summed E-state index contributed by atoms with van der Waals surface area (Å²) in [4.78, 5) is 23.1. The van der Waals surface area contributed by atoms with Crippen molar-refractivity contribution < 1.29 is 9.18 Å². The molecule has 0 saturated carbocycles. The van der Waals surface area contributed by atoms with Crippen molar-refractivity contribution in [1.82, 2.24) is 9.97 Å². The molecule has 2 aromatic heterocycles. The van der Waals surface area contributed by atoms with Crippen LogP contribution in [0.25, 0.3) is 11.3 Å². The first-order valence-corrected chi connectivity index (χ1v) is 8.46. The van der Waals surface area contributed by atoms with Gasteiger partial charge in [0.1, 0.15) is 17.5 Å². The number of nitrogens with one attached hydrogen (secondary N) is 1. The van der Waals surface area contributed by atoms with Crippen LogP contribution in [0.2, 0.25) is 0 Å². The van der Waals surface area contributed by atoms with E-state index in [1.54, 1.807) is 35.4 Å². The Kier molecular flexibility index (Phi) is 4.31. The third-order valence-electron chi connectivity index (χ3n) is 4.30. The lowest BCUT2D eigenvalue weighted by Gasteiger charge is -2.28. The maximum absolute atomic E-state index is 13.5. The minimum atomic E-state index is -0.313. The van der Waals surface area contributed by atoms with Gasteiger partial charge in [-0.3, -0.25) is 10.2 Å². The Bertz CT molecular complexity index is 946. The van der Waals surface area contributed by atoms with Crippen LogP contribution in [0.1, 0.15) is 12.0 Å². The van der Waals surface area contributed by atoms with E-state index in [0.29, 0.717) is 29.4 Å². The quantitative estimate of drug-likeness (QED) is 0.752. The summed E-state index contributed by atoms with van der Waals surface area (Å²) in [5.41, 5.74) is 2.33. The van der Waals surface area contributed by atoms with Crippen LogP contribution in [-0.2, 0) is 6.42 Å². The SMILES string of the molecule is O=C(Nc1ccccn1)N1CCCc2ccc(-c3cccc(F)c3)nc21. The number of rotatable bonds is 2. The monoisotopic (exact) mass is 348 g/mol. The molecule has 0 radical (unpaired) electrons. The number of anilines is 2. The lowest BCUT2D eigenvalue weighted by atomic mass is 10.0. The van der Waals surface area contributed by atoms with E-state index in [-0.39, 0.29) is 11.8 Å². The lowest BCUT2D eigenvalue weighted by molar-refractivity contribution is 0.256. The van der Waals surface area contributed by atoms with Crippen molar-refractivity contribution in [1.29, 1.82) is 0 Å². The smallest absolute Gasteiger partial charge is 0.292 e. The molecule has 0 spiro atoms. The Morgan fingerprint density at radius 1 is 1.12 bits per heavy atom. The number of amides is 2. The molecular weight excluding hydrogens is 331 g/mol. The molecule has 0 aliphatic carbocycles. The molecular formula is C20H17FN4O. The van der Waals surface area contributed by atoms with Crippen molar-refractivity contribution in [3.63, 3.8) is 0 Å². The molecule has 0 bridgehead atoms. The fraction of sp³-hybridized carbons (Fsp3) is 0.150. The first kappa shape index (κ1) is 16.2. The minimum Gasteiger partial charge on any atom is -0.292 e. The molecule has 0 unspecified atom stereocenters. The molecule has 0 saturated heterocycles. The van der Waals surface area contributed by atoms with Gasteiger partial charge in [0, 0.05) is 18.3 Å². The molecule has 3 heterocycles. The summed E-state index contributed by atoms with van der Waals surface area (Å²) in [5, 5.41) is 2.80. The van der Waals surface area contributed by atoms with Gasteiger partial charge in [0.15, 0.2) is 0 Å². The van der Waals surface area contributed by atoms with Gasteiger partial charge in [0.25, 0.3) is 0 Å². The number of fused-ring (bicyclic) bond motifs is 1. The van der Waals surface area contributed by atoms with Crippen LogP contribution < -0.4 is 10.2 Å². The van der Waals surface area contributed by atoms with Crippen molar-refractivity contribution in [2.75, 3.05) is 16.8 Å². The Morgan fingerprint density at radius 3 is 2.85 bits per heavy atom. The summed E-state index contributed by atoms with van der Waals surface area (Å²) in [6.07, 6.45) is 3.35. The zero-order valence-corrected chi connectivity index (χ0v) is 14.0. The Labute approximate surface area is 150 Å². The second-order valence-electron chi connectivity index (χ2n) is 6.09. The predicted octanol–water partition coefficient (Wildman–Crippen LogP) is 4.27. The number of hydrogen-bond acceptors (Lipinski definition) is 3. The third-order valence-corrected chi connectivity index (χ3v) is 4.30. The summed E-state index contributed by atoms with van der Waals surface area (Å²) in [5.74, 6) is 0.795. The van der Waals surface area contributed by atoms with Crippen molar-refractivity contribution in [3.8, 4) is 11.3 Å². The maximum atomic E-state index is 13.5. The number of aryl methyl sites for hydroxylation is 1. The first-order chi connectivity index (χ1) is 12.7. The van der Waals surface area contributed by atoms with Crippen LogP contribution in [0, 0.1) is 5.82 Å². The highest BCUT2D eigenvalue weighted by atomic mass is 19.1. The molecule has 4 rings (SSSR count). The van der Waals surface area contributed by atoms with E-state index in [4.69, 9.17) is 0 Å². The predicted molar refractivity (Wildman–Crippen MR) is 98.6 cm³/mol. The molecule has 1 N–H and O–H groups in total. The normalized spacial score (nSPS) is 13.2. The van der Waals surface area contributed by atoms with Crippen molar-refractivity contribution >= 4 is 17.7 Å². The highest BCUT2D eigenvalue weighted by Gasteiger charge is 2.24. The zero-order valence-electron chi connectivity index (χ0n) is 14.0. The highest BCUT2D eigenvalue weighted by Crippen LogP contribution is 2.29. The van der Waals surface area contributed by atoms with Gasteiger partial charge in [-0.2, -0.15) is 0 Å². The average molecular weight is 348 g/mol. The summed E-state index contributed by atoms with van der Waals surface area (Å²) in [6, 6.07) is 15.2. The molecule has 6 heteroatoms. The number of urea groups is 1. The molecule has 0 fully saturated rings. The van der Waals surface area contributed by atoms with Crippen molar-refractivity contribution in [2.45, 2.75) is 12.8 Å². The molecule has 130 valence electrons. The minimum absolute atomic E-state index is 0.270. The molecule has 1 aliphatic rings. The summed E-state index contributed by atoms with van der Waals surface area (Å²) >= 11 is 0. The van der Waals surface area contributed by atoms with Gasteiger partial charge in [-0.15, -0.1) is 0 Å². The number of pyridine rings is 2. The third kappa shape index (κ3) is 3.26. The van der Waals surface area contributed by atoms with Gasteiger partial charge in [-0.1, -0.05) is 24.3 Å². The summed E-state index contributed by atoms with van der Waals surface area (Å²) < 4.78 is 13.5. The standard InChI is InChI=1S/C20H17FN4O/c21-16-7-3-5-15(13-16)17-10-9-14-6-4-12-25(19(14)23-17)20(26)24-18-8-1-2-11-22-18/h1-3,5,7-11,13H,4,6,12H2,(H,22,24,26). The van der Waals surface area contributed by atoms with Crippen LogP contribution in [0.15, 0.2) is 60.8 Å². The highest BCUT2D eigenvalue weighted by molar-refractivity contribution is 6.01. The fourth-order valence-corrected chi connectivity index (χ4v) is 3.06. The van der Waals surface area contributed by atoms with Crippen molar-refractivity contribution in [3.05, 3.63) is 72.2 Å². The molecule has 26 heavy (non-hydrogen) atoms. The van der Waals surface area contributed by atoms with Crippen LogP contribution in [-0.4, -0.2) is 22.5 Å². The first-order valence-electron chi connectivity index (χ1n) is 8.46. The second kappa shape index (κ2) is 6.92. The van der Waals surface area contributed by atoms with E-state index in [1.165, 1.54) is 12.1 Å². The van der Waals surface area contributed by atoms with E-state index in [0.717, 1.165) is 18.4 Å². The van der Waals surface area contributed by atoms with Gasteiger partial charge in [-0.25, -0.2) is 19.2 Å². The number of aromatic nitrogens is 2. The Hall–Kier alpha value is -3.28. The zero-order chi connectivity index (χ0) is 17.9. The van der Waals surface area contributed by atoms with E-state index in [1.807, 2.05) is 18.2 Å². The van der Waals surface area contributed by atoms with E-state index in [2.05, 4.69) is 15.3 Å². The van der Waals surface area contributed by atoms with Gasteiger partial charge in [0.05, 0.1) is 5.69 Å². The number of benzene rings is 1. The Morgan fingerprint density at radius 2 is 2.04 bits per heavy atom. The number of hydrogen-bond donors (Lipinski definition) is 1. The fourth-order valence-electron chi connectivity index (χ4n) is 3.06. The largest absolute Gasteiger partial charge is 0.328 e. The number of nitrogens with zero attached hydrogens (tertiary/aromatic N) is 3. The summed E-state index contributed by atoms with van der Waals surface area (Å²) in [7, 11) is 0.